The molecular formula is C23H15Cl3N2O2S. The van der Waals surface area contributed by atoms with Gasteiger partial charge in [-0.15, -0.1) is 0 Å². The summed E-state index contributed by atoms with van der Waals surface area (Å²) in [5, 5.41) is 4.64. The zero-order chi connectivity index (χ0) is 22.1. The fourth-order valence-electron chi connectivity index (χ4n) is 3.00. The number of carbonyl (C=O) groups is 2. The molecule has 3 aromatic rings. The summed E-state index contributed by atoms with van der Waals surface area (Å²) in [4.78, 5) is 28.8. The molecule has 4 nitrogen and oxygen atoms in total. The van der Waals surface area contributed by atoms with E-state index in [1.54, 1.807) is 66.7 Å². The molecule has 0 aromatic heterocycles. The zero-order valence-electron chi connectivity index (χ0n) is 16.2. The Labute approximate surface area is 198 Å². The minimum Gasteiger partial charge on any atom is -0.350 e. The molecule has 0 saturated heterocycles. The Bertz CT molecular complexity index is 1230. The van der Waals surface area contributed by atoms with E-state index in [0.717, 1.165) is 15.4 Å². The summed E-state index contributed by atoms with van der Waals surface area (Å²) in [6.07, 6.45) is 0. The average Bonchev–Trinajstić information content (AvgIpc) is 2.96. The predicted octanol–water partition coefficient (Wildman–Crippen LogP) is 6.94. The lowest BCUT2D eigenvalue weighted by Crippen LogP contribution is -2.32. The number of carbonyl (C=O) groups excluding carboxylic acids is 2. The van der Waals surface area contributed by atoms with Gasteiger partial charge in [0.25, 0.3) is 11.8 Å². The highest BCUT2D eigenvalue weighted by atomic mass is 35.5. The topological polar surface area (TPSA) is 49.4 Å². The highest BCUT2D eigenvalue weighted by Gasteiger charge is 2.40. The number of benzene rings is 3. The fraction of sp³-hybridized carbons (Fsp3) is 0.0435. The standard InChI is InChI=1S/C23H15Cl3N2O2S/c1-13-5-8-17(12-19(13)26)28-22(29)20(27-16-4-2-3-15(25)11-16)21(23(28)30)31-18-9-6-14(24)7-10-18/h2-12,27H,1H3. The number of halogens is 3. The molecule has 0 fully saturated rings. The van der Waals surface area contributed by atoms with Gasteiger partial charge in [0.05, 0.1) is 5.69 Å². The molecule has 0 aliphatic carbocycles. The van der Waals surface area contributed by atoms with Crippen LogP contribution in [0.25, 0.3) is 0 Å². The van der Waals surface area contributed by atoms with Gasteiger partial charge in [0.1, 0.15) is 10.6 Å². The van der Waals surface area contributed by atoms with Crippen LogP contribution in [0.4, 0.5) is 11.4 Å². The molecule has 0 spiro atoms. The maximum atomic E-state index is 13.3. The molecular weight excluding hydrogens is 475 g/mol. The van der Waals surface area contributed by atoms with Crippen LogP contribution in [0.1, 0.15) is 5.56 Å². The lowest BCUT2D eigenvalue weighted by molar-refractivity contribution is -0.120. The van der Waals surface area contributed by atoms with Crippen molar-refractivity contribution in [3.8, 4) is 0 Å². The van der Waals surface area contributed by atoms with E-state index in [1.165, 1.54) is 11.8 Å². The average molecular weight is 490 g/mol. The Morgan fingerprint density at radius 3 is 2.26 bits per heavy atom. The fourth-order valence-corrected chi connectivity index (χ4v) is 4.42. The van der Waals surface area contributed by atoms with Gasteiger partial charge in [-0.2, -0.15) is 0 Å². The molecule has 3 aromatic carbocycles. The second-order valence-electron chi connectivity index (χ2n) is 6.77. The molecule has 1 heterocycles. The molecule has 1 N–H and O–H groups in total. The summed E-state index contributed by atoms with van der Waals surface area (Å²) in [6, 6.07) is 19.1. The van der Waals surface area contributed by atoms with E-state index in [4.69, 9.17) is 34.8 Å². The summed E-state index contributed by atoms with van der Waals surface area (Å²) in [7, 11) is 0. The smallest absolute Gasteiger partial charge is 0.283 e. The van der Waals surface area contributed by atoms with Crippen LogP contribution in [0, 0.1) is 6.92 Å². The highest BCUT2D eigenvalue weighted by Crippen LogP contribution is 2.39. The number of nitrogens with zero attached hydrogens (tertiary/aromatic N) is 1. The number of anilines is 2. The number of thioether (sulfide) groups is 1. The van der Waals surface area contributed by atoms with Gasteiger partial charge in [-0.1, -0.05) is 58.7 Å². The minimum atomic E-state index is -0.471. The third-order valence-corrected chi connectivity index (χ3v) is 6.57. The van der Waals surface area contributed by atoms with Crippen molar-refractivity contribution in [3.63, 3.8) is 0 Å². The molecule has 0 unspecified atom stereocenters. The third kappa shape index (κ3) is 4.60. The first-order valence-electron chi connectivity index (χ1n) is 9.19. The van der Waals surface area contributed by atoms with Crippen molar-refractivity contribution >= 4 is 69.8 Å². The number of aryl methyl sites for hydroxylation is 1. The minimum absolute atomic E-state index is 0.170. The van der Waals surface area contributed by atoms with E-state index in [2.05, 4.69) is 5.32 Å². The van der Waals surface area contributed by atoms with Crippen LogP contribution in [0.3, 0.4) is 0 Å². The molecule has 2 amide bonds. The van der Waals surface area contributed by atoms with Crippen LogP contribution in [0.15, 0.2) is 82.2 Å². The first kappa shape index (κ1) is 21.8. The van der Waals surface area contributed by atoms with E-state index in [0.29, 0.717) is 26.4 Å². The van der Waals surface area contributed by atoms with Gasteiger partial charge in [-0.25, -0.2) is 4.90 Å². The lowest BCUT2D eigenvalue weighted by Gasteiger charge is -2.16. The van der Waals surface area contributed by atoms with Crippen molar-refractivity contribution in [1.29, 1.82) is 0 Å². The Kier molecular flexibility index (Phi) is 6.30. The molecule has 4 rings (SSSR count). The second-order valence-corrected chi connectivity index (χ2v) is 9.14. The van der Waals surface area contributed by atoms with Crippen molar-refractivity contribution in [1.82, 2.24) is 0 Å². The predicted molar refractivity (Wildman–Crippen MR) is 128 cm³/mol. The van der Waals surface area contributed by atoms with Crippen molar-refractivity contribution in [3.05, 3.63) is 98.0 Å². The van der Waals surface area contributed by atoms with Gasteiger partial charge in [0.15, 0.2) is 0 Å². The molecule has 8 heteroatoms. The number of nitrogens with one attached hydrogen (secondary N) is 1. The number of amides is 2. The van der Waals surface area contributed by atoms with Gasteiger partial charge in [0.2, 0.25) is 0 Å². The van der Waals surface area contributed by atoms with Gasteiger partial charge >= 0.3 is 0 Å². The van der Waals surface area contributed by atoms with Gasteiger partial charge in [-0.05, 0) is 67.1 Å². The molecule has 0 radical (unpaired) electrons. The summed E-state index contributed by atoms with van der Waals surface area (Å²) < 4.78 is 0. The normalized spacial score (nSPS) is 13.9. The van der Waals surface area contributed by atoms with Gasteiger partial charge in [-0.3, -0.25) is 9.59 Å². The highest BCUT2D eigenvalue weighted by molar-refractivity contribution is 8.04. The van der Waals surface area contributed by atoms with Gasteiger partial charge in [0, 0.05) is 25.7 Å². The summed E-state index contributed by atoms with van der Waals surface area (Å²) >= 11 is 19.5. The molecule has 1 aliphatic heterocycles. The number of rotatable bonds is 5. The molecule has 0 bridgehead atoms. The van der Waals surface area contributed by atoms with Crippen LogP contribution in [0.2, 0.25) is 15.1 Å². The molecule has 1 aliphatic rings. The second kappa shape index (κ2) is 8.97. The van der Waals surface area contributed by atoms with Crippen molar-refractivity contribution in [2.45, 2.75) is 11.8 Å². The Hall–Kier alpha value is -2.44. The van der Waals surface area contributed by atoms with E-state index in [9.17, 15) is 9.59 Å². The summed E-state index contributed by atoms with van der Waals surface area (Å²) in [5.41, 5.74) is 2.03. The SMILES string of the molecule is Cc1ccc(N2C(=O)C(Nc3cccc(Cl)c3)=C(Sc3ccc(Cl)cc3)C2=O)cc1Cl. The maximum Gasteiger partial charge on any atom is 0.283 e. The Morgan fingerprint density at radius 2 is 1.58 bits per heavy atom. The Balaban J connectivity index is 1.75. The number of imide groups is 1. The van der Waals surface area contributed by atoms with Crippen LogP contribution in [-0.2, 0) is 9.59 Å². The van der Waals surface area contributed by atoms with Crippen LogP contribution in [-0.4, -0.2) is 11.8 Å². The molecule has 0 saturated carbocycles. The van der Waals surface area contributed by atoms with E-state index in [1.807, 2.05) is 6.92 Å². The van der Waals surface area contributed by atoms with E-state index >= 15 is 0 Å². The van der Waals surface area contributed by atoms with Crippen molar-refractivity contribution in [2.24, 2.45) is 0 Å². The molecule has 0 atom stereocenters. The third-order valence-electron chi connectivity index (χ3n) is 4.58. The van der Waals surface area contributed by atoms with Gasteiger partial charge < -0.3 is 5.32 Å². The van der Waals surface area contributed by atoms with Crippen LogP contribution in [0.5, 0.6) is 0 Å². The lowest BCUT2D eigenvalue weighted by atomic mass is 10.2. The molecule has 31 heavy (non-hydrogen) atoms. The van der Waals surface area contributed by atoms with E-state index < -0.39 is 11.8 Å². The van der Waals surface area contributed by atoms with Crippen molar-refractivity contribution < 1.29 is 9.59 Å². The first-order chi connectivity index (χ1) is 14.8. The Morgan fingerprint density at radius 1 is 0.839 bits per heavy atom. The molecule has 156 valence electrons. The first-order valence-corrected chi connectivity index (χ1v) is 11.1. The number of hydrogen-bond donors (Lipinski definition) is 1. The number of hydrogen-bond acceptors (Lipinski definition) is 4. The van der Waals surface area contributed by atoms with E-state index in [-0.39, 0.29) is 10.6 Å². The quantitative estimate of drug-likeness (QED) is 0.394. The summed E-state index contributed by atoms with van der Waals surface area (Å²) in [5.74, 6) is -0.907. The summed E-state index contributed by atoms with van der Waals surface area (Å²) in [6.45, 7) is 1.85. The maximum absolute atomic E-state index is 13.3. The van der Waals surface area contributed by atoms with Crippen LogP contribution < -0.4 is 10.2 Å². The van der Waals surface area contributed by atoms with Crippen molar-refractivity contribution in [2.75, 3.05) is 10.2 Å². The monoisotopic (exact) mass is 488 g/mol. The van der Waals surface area contributed by atoms with Crippen LogP contribution >= 0.6 is 46.6 Å². The zero-order valence-corrected chi connectivity index (χ0v) is 19.2. The largest absolute Gasteiger partial charge is 0.350 e.